The van der Waals surface area contributed by atoms with Gasteiger partial charge in [-0.1, -0.05) is 0 Å². The van der Waals surface area contributed by atoms with Crippen LogP contribution in [0.25, 0.3) is 10.6 Å². The van der Waals surface area contributed by atoms with Crippen LogP contribution in [0.4, 0.5) is 0 Å². The zero-order valence-corrected chi connectivity index (χ0v) is 10.3. The predicted molar refractivity (Wildman–Crippen MR) is 68.0 cm³/mol. The van der Waals surface area contributed by atoms with Gasteiger partial charge in [-0.3, -0.25) is 0 Å². The van der Waals surface area contributed by atoms with E-state index in [-0.39, 0.29) is 0 Å². The number of hydrogen-bond acceptors (Lipinski definition) is 4. The van der Waals surface area contributed by atoms with Crippen molar-refractivity contribution in [3.8, 4) is 22.4 Å². The Morgan fingerprint density at radius 1 is 1.35 bits per heavy atom. The molecule has 17 heavy (non-hydrogen) atoms. The quantitative estimate of drug-likeness (QED) is 0.829. The fraction of sp³-hybridized carbons (Fsp3) is 0.231. The average molecular weight is 244 g/mol. The highest BCUT2D eigenvalue weighted by Gasteiger charge is 2.04. The molecule has 0 amide bonds. The largest absolute Gasteiger partial charge is 0.497 e. The molecule has 0 N–H and O–H groups in total. The molecule has 2 rings (SSSR count). The zero-order valence-electron chi connectivity index (χ0n) is 9.51. The lowest BCUT2D eigenvalue weighted by molar-refractivity contribution is 0.415. The van der Waals surface area contributed by atoms with Crippen LogP contribution in [0.5, 0.6) is 5.75 Å². The van der Waals surface area contributed by atoms with Gasteiger partial charge in [0.15, 0.2) is 0 Å². The number of nitriles is 1. The highest BCUT2D eigenvalue weighted by Crippen LogP contribution is 2.25. The number of ether oxygens (including phenoxy) is 1. The Balaban J connectivity index is 2.16. The molecule has 1 aromatic heterocycles. The molecule has 0 saturated heterocycles. The molecule has 86 valence electrons. The monoisotopic (exact) mass is 244 g/mol. The van der Waals surface area contributed by atoms with Crippen LogP contribution in [-0.2, 0) is 6.42 Å². The molecule has 2 aromatic rings. The van der Waals surface area contributed by atoms with Gasteiger partial charge in [0.2, 0.25) is 0 Å². The zero-order chi connectivity index (χ0) is 12.1. The predicted octanol–water partition coefficient (Wildman–Crippen LogP) is 3.27. The van der Waals surface area contributed by atoms with E-state index < -0.39 is 0 Å². The van der Waals surface area contributed by atoms with Crippen molar-refractivity contribution in [3.05, 3.63) is 35.3 Å². The number of benzene rings is 1. The van der Waals surface area contributed by atoms with Gasteiger partial charge >= 0.3 is 0 Å². The third kappa shape index (κ3) is 2.83. The first-order chi connectivity index (χ1) is 8.33. The summed E-state index contributed by atoms with van der Waals surface area (Å²) < 4.78 is 5.11. The maximum atomic E-state index is 8.52. The molecule has 3 nitrogen and oxygen atoms in total. The second-order valence-electron chi connectivity index (χ2n) is 3.53. The Kier molecular flexibility index (Phi) is 3.73. The van der Waals surface area contributed by atoms with E-state index in [1.807, 2.05) is 29.6 Å². The maximum Gasteiger partial charge on any atom is 0.123 e. The number of rotatable bonds is 4. The number of nitrogens with zero attached hydrogens (tertiary/aromatic N) is 2. The van der Waals surface area contributed by atoms with Gasteiger partial charge in [-0.25, -0.2) is 4.98 Å². The van der Waals surface area contributed by atoms with Gasteiger partial charge in [-0.15, -0.1) is 11.3 Å². The summed E-state index contributed by atoms with van der Waals surface area (Å²) in [5, 5.41) is 11.5. The number of hydrogen-bond donors (Lipinski definition) is 0. The summed E-state index contributed by atoms with van der Waals surface area (Å²) in [7, 11) is 1.65. The van der Waals surface area contributed by atoms with Crippen molar-refractivity contribution < 1.29 is 4.74 Å². The van der Waals surface area contributed by atoms with Gasteiger partial charge in [0.25, 0.3) is 0 Å². The molecule has 1 heterocycles. The van der Waals surface area contributed by atoms with Gasteiger partial charge in [-0.2, -0.15) is 5.26 Å². The van der Waals surface area contributed by atoms with E-state index in [1.54, 1.807) is 18.4 Å². The number of aromatic nitrogens is 1. The summed E-state index contributed by atoms with van der Waals surface area (Å²) in [5.74, 6) is 0.843. The molecular weight excluding hydrogens is 232 g/mol. The highest BCUT2D eigenvalue weighted by molar-refractivity contribution is 7.13. The van der Waals surface area contributed by atoms with Crippen molar-refractivity contribution in [2.45, 2.75) is 12.8 Å². The van der Waals surface area contributed by atoms with E-state index >= 15 is 0 Å². The lowest BCUT2D eigenvalue weighted by Gasteiger charge is -2.00. The number of methoxy groups -OCH3 is 1. The minimum atomic E-state index is 0.520. The molecule has 0 radical (unpaired) electrons. The van der Waals surface area contributed by atoms with Crippen LogP contribution >= 0.6 is 11.3 Å². The fourth-order valence-corrected chi connectivity index (χ4v) is 2.33. The Morgan fingerprint density at radius 2 is 2.12 bits per heavy atom. The van der Waals surface area contributed by atoms with Crippen molar-refractivity contribution in [1.29, 1.82) is 5.26 Å². The molecule has 0 bridgehead atoms. The highest BCUT2D eigenvalue weighted by atomic mass is 32.1. The molecule has 1 aromatic carbocycles. The van der Waals surface area contributed by atoms with Crippen LogP contribution in [-0.4, -0.2) is 12.1 Å². The van der Waals surface area contributed by atoms with Crippen molar-refractivity contribution in [1.82, 2.24) is 4.98 Å². The van der Waals surface area contributed by atoms with Crippen molar-refractivity contribution in [2.24, 2.45) is 0 Å². The summed E-state index contributed by atoms with van der Waals surface area (Å²) in [6.45, 7) is 0. The van der Waals surface area contributed by atoms with E-state index in [0.717, 1.165) is 28.4 Å². The maximum absolute atomic E-state index is 8.52. The molecule has 0 spiro atoms. The standard InChI is InChI=1S/C13H12N2OS/c1-16-12-6-4-10(5-7-12)13-15-11(9-17-13)3-2-8-14/h4-7,9H,2-3H2,1H3. The van der Waals surface area contributed by atoms with E-state index in [2.05, 4.69) is 11.1 Å². The molecule has 0 aliphatic heterocycles. The Labute approximate surface area is 104 Å². The number of aryl methyl sites for hydroxylation is 1. The van der Waals surface area contributed by atoms with Crippen LogP contribution in [0.1, 0.15) is 12.1 Å². The van der Waals surface area contributed by atoms with Crippen molar-refractivity contribution in [3.63, 3.8) is 0 Å². The molecule has 0 fully saturated rings. The summed E-state index contributed by atoms with van der Waals surface area (Å²) in [5.41, 5.74) is 2.07. The second-order valence-corrected chi connectivity index (χ2v) is 4.39. The third-order valence-corrected chi connectivity index (χ3v) is 3.32. The van der Waals surface area contributed by atoms with Crippen LogP contribution in [0.2, 0.25) is 0 Å². The molecule has 0 unspecified atom stereocenters. The molecule has 0 saturated carbocycles. The first-order valence-corrected chi connectivity index (χ1v) is 6.17. The van der Waals surface area contributed by atoms with Crippen LogP contribution in [0, 0.1) is 11.3 Å². The Hall–Kier alpha value is -1.86. The van der Waals surface area contributed by atoms with E-state index in [4.69, 9.17) is 10.00 Å². The molecule has 4 heteroatoms. The van der Waals surface area contributed by atoms with Crippen LogP contribution < -0.4 is 4.74 Å². The van der Waals surface area contributed by atoms with Gasteiger partial charge in [-0.05, 0) is 24.3 Å². The molecule has 0 aliphatic rings. The van der Waals surface area contributed by atoms with E-state index in [0.29, 0.717) is 6.42 Å². The smallest absolute Gasteiger partial charge is 0.123 e. The van der Waals surface area contributed by atoms with Crippen molar-refractivity contribution >= 4 is 11.3 Å². The third-order valence-electron chi connectivity index (χ3n) is 2.38. The first kappa shape index (κ1) is 11.6. The number of thiazole rings is 1. The fourth-order valence-electron chi connectivity index (χ4n) is 1.47. The van der Waals surface area contributed by atoms with E-state index in [1.165, 1.54) is 0 Å². The second kappa shape index (κ2) is 5.46. The Morgan fingerprint density at radius 3 is 2.76 bits per heavy atom. The Bertz CT molecular complexity index is 525. The summed E-state index contributed by atoms with van der Waals surface area (Å²) in [6.07, 6.45) is 1.24. The summed E-state index contributed by atoms with van der Waals surface area (Å²) >= 11 is 1.61. The van der Waals surface area contributed by atoms with Gasteiger partial charge < -0.3 is 4.74 Å². The molecule has 0 atom stereocenters. The lowest BCUT2D eigenvalue weighted by Crippen LogP contribution is -1.85. The minimum Gasteiger partial charge on any atom is -0.497 e. The van der Waals surface area contributed by atoms with Crippen LogP contribution in [0.15, 0.2) is 29.6 Å². The summed E-state index contributed by atoms with van der Waals surface area (Å²) in [6, 6.07) is 9.96. The topological polar surface area (TPSA) is 45.9 Å². The van der Waals surface area contributed by atoms with E-state index in [9.17, 15) is 0 Å². The molecule has 0 aliphatic carbocycles. The molecular formula is C13H12N2OS. The average Bonchev–Trinajstić information content (AvgIpc) is 2.85. The van der Waals surface area contributed by atoms with Gasteiger partial charge in [0.05, 0.1) is 18.9 Å². The van der Waals surface area contributed by atoms with Crippen molar-refractivity contribution in [2.75, 3.05) is 7.11 Å². The lowest BCUT2D eigenvalue weighted by atomic mass is 10.2. The minimum absolute atomic E-state index is 0.520. The normalized spacial score (nSPS) is 9.88. The van der Waals surface area contributed by atoms with Gasteiger partial charge in [0, 0.05) is 23.8 Å². The van der Waals surface area contributed by atoms with Gasteiger partial charge in [0.1, 0.15) is 10.8 Å². The first-order valence-electron chi connectivity index (χ1n) is 5.29. The van der Waals surface area contributed by atoms with Crippen LogP contribution in [0.3, 0.4) is 0 Å². The summed E-state index contributed by atoms with van der Waals surface area (Å²) in [4.78, 5) is 4.50. The SMILES string of the molecule is COc1ccc(-c2nc(CCC#N)cs2)cc1.